The molecular formula is C7H11NO3. The van der Waals surface area contributed by atoms with Gasteiger partial charge in [-0.05, 0) is 6.42 Å². The van der Waals surface area contributed by atoms with E-state index >= 15 is 0 Å². The molecule has 0 saturated carbocycles. The zero-order valence-corrected chi connectivity index (χ0v) is 6.42. The minimum atomic E-state index is -0.170. The van der Waals surface area contributed by atoms with Gasteiger partial charge >= 0.3 is 0 Å². The van der Waals surface area contributed by atoms with Crippen molar-refractivity contribution in [1.29, 1.82) is 0 Å². The monoisotopic (exact) mass is 157 g/mol. The summed E-state index contributed by atoms with van der Waals surface area (Å²) in [6.45, 7) is 0.533. The molecule has 11 heavy (non-hydrogen) atoms. The molecule has 1 aliphatic heterocycles. The molecule has 0 aromatic rings. The summed E-state index contributed by atoms with van der Waals surface area (Å²) >= 11 is 0. The van der Waals surface area contributed by atoms with Crippen molar-refractivity contribution in [2.45, 2.75) is 12.8 Å². The van der Waals surface area contributed by atoms with Gasteiger partial charge in [-0.25, -0.2) is 0 Å². The number of hydrogen-bond donors (Lipinski definition) is 1. The fraction of sp³-hybridized carbons (Fsp3) is 0.714. The van der Waals surface area contributed by atoms with E-state index in [-0.39, 0.29) is 17.7 Å². The van der Waals surface area contributed by atoms with Gasteiger partial charge in [-0.3, -0.25) is 14.9 Å². The van der Waals surface area contributed by atoms with Gasteiger partial charge in [-0.1, -0.05) is 0 Å². The number of hydrogen-bond acceptors (Lipinski definition) is 3. The van der Waals surface area contributed by atoms with Gasteiger partial charge in [0.25, 0.3) is 0 Å². The molecule has 2 amide bonds. The maximum absolute atomic E-state index is 10.9. The Labute approximate surface area is 64.9 Å². The molecule has 1 N–H and O–H groups in total. The third-order valence-corrected chi connectivity index (χ3v) is 1.74. The first kappa shape index (κ1) is 8.20. The van der Waals surface area contributed by atoms with Gasteiger partial charge in [0.2, 0.25) is 11.8 Å². The largest absolute Gasteiger partial charge is 0.385 e. The van der Waals surface area contributed by atoms with E-state index in [9.17, 15) is 9.59 Å². The van der Waals surface area contributed by atoms with Crippen LogP contribution < -0.4 is 5.32 Å². The molecule has 1 fully saturated rings. The number of methoxy groups -OCH3 is 1. The highest BCUT2D eigenvalue weighted by atomic mass is 16.5. The summed E-state index contributed by atoms with van der Waals surface area (Å²) in [4.78, 5) is 21.6. The summed E-state index contributed by atoms with van der Waals surface area (Å²) in [6, 6.07) is 0. The number of imide groups is 1. The number of ether oxygens (including phenoxy) is 1. The smallest absolute Gasteiger partial charge is 0.230 e. The molecule has 0 aromatic heterocycles. The minimum absolute atomic E-state index is 0.160. The Bertz CT molecular complexity index is 179. The van der Waals surface area contributed by atoms with Gasteiger partial charge in [0.1, 0.15) is 0 Å². The molecule has 1 rings (SSSR count). The molecule has 62 valence electrons. The van der Waals surface area contributed by atoms with E-state index in [1.54, 1.807) is 7.11 Å². The maximum atomic E-state index is 10.9. The lowest BCUT2D eigenvalue weighted by Crippen LogP contribution is -2.22. The fourth-order valence-corrected chi connectivity index (χ4v) is 1.10. The van der Waals surface area contributed by atoms with Crippen molar-refractivity contribution >= 4 is 11.8 Å². The Kier molecular flexibility index (Phi) is 2.59. The number of carbonyl (C=O) groups excluding carboxylic acids is 2. The summed E-state index contributed by atoms with van der Waals surface area (Å²) in [5.41, 5.74) is 0. The van der Waals surface area contributed by atoms with E-state index in [4.69, 9.17) is 4.74 Å². The molecule has 1 saturated heterocycles. The predicted octanol–water partition coefficient (Wildman–Crippen LogP) is -0.314. The van der Waals surface area contributed by atoms with Crippen molar-refractivity contribution in [3.05, 3.63) is 0 Å². The van der Waals surface area contributed by atoms with Crippen molar-refractivity contribution in [3.8, 4) is 0 Å². The molecule has 0 radical (unpaired) electrons. The van der Waals surface area contributed by atoms with Crippen LogP contribution in [0.2, 0.25) is 0 Å². The van der Waals surface area contributed by atoms with Crippen molar-refractivity contribution in [3.63, 3.8) is 0 Å². The van der Waals surface area contributed by atoms with Crippen LogP contribution in [0.15, 0.2) is 0 Å². The summed E-state index contributed by atoms with van der Waals surface area (Å²) in [5.74, 6) is -0.495. The normalized spacial score (nSPS) is 23.9. The second-order valence-electron chi connectivity index (χ2n) is 2.59. The number of rotatable bonds is 3. The average molecular weight is 157 g/mol. The SMILES string of the molecule is COCCC1CC(=O)NC1=O. The van der Waals surface area contributed by atoms with E-state index in [0.717, 1.165) is 0 Å². The maximum Gasteiger partial charge on any atom is 0.230 e. The van der Waals surface area contributed by atoms with Gasteiger partial charge in [0, 0.05) is 26.1 Å². The molecule has 1 heterocycles. The predicted molar refractivity (Wildman–Crippen MR) is 37.7 cm³/mol. The lowest BCUT2D eigenvalue weighted by Gasteiger charge is -2.02. The van der Waals surface area contributed by atoms with Gasteiger partial charge in [-0.15, -0.1) is 0 Å². The van der Waals surface area contributed by atoms with E-state index < -0.39 is 0 Å². The highest BCUT2D eigenvalue weighted by Crippen LogP contribution is 2.14. The quantitative estimate of drug-likeness (QED) is 0.571. The summed E-state index contributed by atoms with van der Waals surface area (Å²) in [5, 5.41) is 2.24. The van der Waals surface area contributed by atoms with E-state index in [2.05, 4.69) is 5.32 Å². The van der Waals surface area contributed by atoms with Crippen LogP contribution in [-0.2, 0) is 14.3 Å². The third kappa shape index (κ3) is 2.01. The van der Waals surface area contributed by atoms with E-state index in [1.807, 2.05) is 0 Å². The molecule has 0 aliphatic carbocycles. The zero-order valence-electron chi connectivity index (χ0n) is 6.42. The van der Waals surface area contributed by atoms with Crippen LogP contribution in [0.3, 0.4) is 0 Å². The van der Waals surface area contributed by atoms with Crippen LogP contribution in [0.25, 0.3) is 0 Å². The Morgan fingerprint density at radius 2 is 2.36 bits per heavy atom. The highest BCUT2D eigenvalue weighted by molar-refractivity contribution is 6.03. The molecule has 0 aromatic carbocycles. The molecule has 4 heteroatoms. The van der Waals surface area contributed by atoms with E-state index in [1.165, 1.54) is 0 Å². The second-order valence-corrected chi connectivity index (χ2v) is 2.59. The lowest BCUT2D eigenvalue weighted by atomic mass is 10.1. The zero-order chi connectivity index (χ0) is 8.27. The molecule has 1 aliphatic rings. The van der Waals surface area contributed by atoms with Crippen LogP contribution >= 0.6 is 0 Å². The van der Waals surface area contributed by atoms with Crippen LogP contribution in [0.4, 0.5) is 0 Å². The summed E-state index contributed by atoms with van der Waals surface area (Å²) in [6.07, 6.45) is 0.955. The van der Waals surface area contributed by atoms with Crippen molar-refractivity contribution in [2.75, 3.05) is 13.7 Å². The Hall–Kier alpha value is -0.900. The van der Waals surface area contributed by atoms with Crippen LogP contribution in [-0.4, -0.2) is 25.5 Å². The first-order valence-electron chi connectivity index (χ1n) is 3.56. The minimum Gasteiger partial charge on any atom is -0.385 e. The Balaban J connectivity index is 2.34. The Morgan fingerprint density at radius 1 is 1.64 bits per heavy atom. The number of carbonyl (C=O) groups is 2. The molecule has 1 atom stereocenters. The van der Waals surface area contributed by atoms with Crippen LogP contribution in [0.5, 0.6) is 0 Å². The van der Waals surface area contributed by atoms with Gasteiger partial charge < -0.3 is 4.74 Å². The van der Waals surface area contributed by atoms with E-state index in [0.29, 0.717) is 19.4 Å². The average Bonchev–Trinajstić information content (AvgIpc) is 2.26. The summed E-state index contributed by atoms with van der Waals surface area (Å²) in [7, 11) is 1.58. The molecular weight excluding hydrogens is 146 g/mol. The first-order chi connectivity index (χ1) is 5.24. The van der Waals surface area contributed by atoms with Crippen LogP contribution in [0, 0.1) is 5.92 Å². The molecule has 1 unspecified atom stereocenters. The topological polar surface area (TPSA) is 55.4 Å². The number of amides is 2. The molecule has 0 bridgehead atoms. The number of nitrogens with one attached hydrogen (secondary N) is 1. The summed E-state index contributed by atoms with van der Waals surface area (Å²) < 4.78 is 4.80. The second kappa shape index (κ2) is 3.48. The Morgan fingerprint density at radius 3 is 2.82 bits per heavy atom. The van der Waals surface area contributed by atoms with Gasteiger partial charge in [-0.2, -0.15) is 0 Å². The van der Waals surface area contributed by atoms with Crippen LogP contribution in [0.1, 0.15) is 12.8 Å². The lowest BCUT2D eigenvalue weighted by molar-refractivity contribution is -0.126. The van der Waals surface area contributed by atoms with Gasteiger partial charge in [0.05, 0.1) is 0 Å². The first-order valence-corrected chi connectivity index (χ1v) is 3.56. The van der Waals surface area contributed by atoms with Gasteiger partial charge in [0.15, 0.2) is 0 Å². The molecule has 0 spiro atoms. The third-order valence-electron chi connectivity index (χ3n) is 1.74. The standard InChI is InChI=1S/C7H11NO3/c1-11-3-2-5-4-6(9)8-7(5)10/h5H,2-4H2,1H3,(H,8,9,10). The van der Waals surface area contributed by atoms with Crippen molar-refractivity contribution in [1.82, 2.24) is 5.32 Å². The van der Waals surface area contributed by atoms with Crippen molar-refractivity contribution in [2.24, 2.45) is 5.92 Å². The van der Waals surface area contributed by atoms with Crippen molar-refractivity contribution < 1.29 is 14.3 Å². The highest BCUT2D eigenvalue weighted by Gasteiger charge is 2.29. The molecule has 4 nitrogen and oxygen atoms in total. The fourth-order valence-electron chi connectivity index (χ4n) is 1.10.